The van der Waals surface area contributed by atoms with Crippen molar-refractivity contribution < 1.29 is 14.3 Å². The molecule has 2 rings (SSSR count). The third kappa shape index (κ3) is 4.69. The van der Waals surface area contributed by atoms with E-state index in [1.54, 1.807) is 18.2 Å². The predicted octanol–water partition coefficient (Wildman–Crippen LogP) is 3.68. The van der Waals surface area contributed by atoms with Crippen molar-refractivity contribution >= 4 is 34.7 Å². The van der Waals surface area contributed by atoms with Gasteiger partial charge in [0, 0.05) is 5.69 Å². The Morgan fingerprint density at radius 1 is 1.09 bits per heavy atom. The number of ether oxygens (including phenoxy) is 2. The number of hydrogen-bond acceptors (Lipinski definition) is 4. The standard InChI is InChI=1S/C17H18N2O3S/c1-3-22-13-10-8-12(9-11-13)18-17(23)19-15-7-5-4-6-14(15)16(20)21-2/h4-11H,3H2,1-2H3,(H2,18,19,23). The number of methoxy groups -OCH3 is 1. The SMILES string of the molecule is CCOc1ccc(NC(=S)Nc2ccccc2C(=O)OC)cc1. The third-order valence-corrected chi connectivity index (χ3v) is 3.21. The predicted molar refractivity (Wildman–Crippen MR) is 95.2 cm³/mol. The zero-order valence-corrected chi connectivity index (χ0v) is 13.8. The molecule has 0 aromatic heterocycles. The monoisotopic (exact) mass is 330 g/mol. The summed E-state index contributed by atoms with van der Waals surface area (Å²) in [6, 6.07) is 14.5. The fourth-order valence-corrected chi connectivity index (χ4v) is 2.19. The molecule has 0 spiro atoms. The average Bonchev–Trinajstić information content (AvgIpc) is 2.56. The summed E-state index contributed by atoms with van der Waals surface area (Å²) >= 11 is 5.28. The van der Waals surface area contributed by atoms with Gasteiger partial charge >= 0.3 is 5.97 Å². The summed E-state index contributed by atoms with van der Waals surface area (Å²) in [5.74, 6) is 0.380. The lowest BCUT2D eigenvalue weighted by Crippen LogP contribution is -2.20. The highest BCUT2D eigenvalue weighted by molar-refractivity contribution is 7.80. The minimum absolute atomic E-state index is 0.380. The van der Waals surface area contributed by atoms with Crippen molar-refractivity contribution in [3.8, 4) is 5.75 Å². The maximum Gasteiger partial charge on any atom is 0.339 e. The number of para-hydroxylation sites is 1. The molecule has 0 saturated heterocycles. The first-order valence-electron chi connectivity index (χ1n) is 7.12. The minimum Gasteiger partial charge on any atom is -0.494 e. The second-order valence-corrected chi connectivity index (χ2v) is 4.98. The Bertz CT molecular complexity index is 686. The number of nitrogens with one attached hydrogen (secondary N) is 2. The molecular weight excluding hydrogens is 312 g/mol. The lowest BCUT2D eigenvalue weighted by atomic mass is 10.2. The van der Waals surface area contributed by atoms with Gasteiger partial charge in [0.1, 0.15) is 5.75 Å². The lowest BCUT2D eigenvalue weighted by Gasteiger charge is -2.13. The maximum absolute atomic E-state index is 11.7. The smallest absolute Gasteiger partial charge is 0.339 e. The van der Waals surface area contributed by atoms with Crippen molar-refractivity contribution in [1.29, 1.82) is 0 Å². The lowest BCUT2D eigenvalue weighted by molar-refractivity contribution is 0.0602. The van der Waals surface area contributed by atoms with Crippen LogP contribution in [0.15, 0.2) is 48.5 Å². The molecule has 5 nitrogen and oxygen atoms in total. The third-order valence-electron chi connectivity index (χ3n) is 3.00. The molecule has 0 heterocycles. The van der Waals surface area contributed by atoms with Crippen LogP contribution in [-0.2, 0) is 4.74 Å². The van der Waals surface area contributed by atoms with Crippen LogP contribution in [-0.4, -0.2) is 24.8 Å². The Morgan fingerprint density at radius 3 is 2.43 bits per heavy atom. The minimum atomic E-state index is -0.419. The molecular formula is C17H18N2O3S. The molecule has 23 heavy (non-hydrogen) atoms. The van der Waals surface area contributed by atoms with Gasteiger partial charge in [0.15, 0.2) is 5.11 Å². The van der Waals surface area contributed by atoms with E-state index in [9.17, 15) is 4.79 Å². The fraction of sp³-hybridized carbons (Fsp3) is 0.176. The first kappa shape index (κ1) is 16.8. The normalized spacial score (nSPS) is 9.83. The number of carbonyl (C=O) groups excluding carboxylic acids is 1. The molecule has 0 aliphatic heterocycles. The van der Waals surface area contributed by atoms with Gasteiger partial charge in [-0.05, 0) is 55.5 Å². The number of hydrogen-bond donors (Lipinski definition) is 2. The molecule has 0 radical (unpaired) electrons. The Hall–Kier alpha value is -2.60. The summed E-state index contributed by atoms with van der Waals surface area (Å²) in [6.45, 7) is 2.56. The molecule has 0 aliphatic rings. The number of esters is 1. The first-order chi connectivity index (χ1) is 11.1. The van der Waals surface area contributed by atoms with Crippen molar-refractivity contribution in [2.24, 2.45) is 0 Å². The van der Waals surface area contributed by atoms with E-state index in [-0.39, 0.29) is 0 Å². The van der Waals surface area contributed by atoms with E-state index in [1.807, 2.05) is 37.3 Å². The highest BCUT2D eigenvalue weighted by atomic mass is 32.1. The molecule has 0 saturated carbocycles. The molecule has 0 aliphatic carbocycles. The zero-order valence-electron chi connectivity index (χ0n) is 13.0. The van der Waals surface area contributed by atoms with Crippen LogP contribution >= 0.6 is 12.2 Å². The molecule has 0 unspecified atom stereocenters. The van der Waals surface area contributed by atoms with Gasteiger partial charge in [-0.1, -0.05) is 12.1 Å². The van der Waals surface area contributed by atoms with Gasteiger partial charge in [0.05, 0.1) is 25.0 Å². The van der Waals surface area contributed by atoms with E-state index in [2.05, 4.69) is 10.6 Å². The Kier molecular flexibility index (Phi) is 5.94. The number of benzene rings is 2. The highest BCUT2D eigenvalue weighted by Crippen LogP contribution is 2.18. The van der Waals surface area contributed by atoms with E-state index in [0.29, 0.717) is 23.0 Å². The Balaban J connectivity index is 2.04. The van der Waals surface area contributed by atoms with E-state index < -0.39 is 5.97 Å². The van der Waals surface area contributed by atoms with Crippen molar-refractivity contribution in [1.82, 2.24) is 0 Å². The van der Waals surface area contributed by atoms with Crippen LogP contribution in [0.3, 0.4) is 0 Å². The van der Waals surface area contributed by atoms with Crippen LogP contribution in [0, 0.1) is 0 Å². The van der Waals surface area contributed by atoms with E-state index in [4.69, 9.17) is 21.7 Å². The van der Waals surface area contributed by atoms with Crippen molar-refractivity contribution in [2.75, 3.05) is 24.4 Å². The van der Waals surface area contributed by atoms with Crippen molar-refractivity contribution in [3.63, 3.8) is 0 Å². The molecule has 120 valence electrons. The molecule has 0 atom stereocenters. The summed E-state index contributed by atoms with van der Waals surface area (Å²) in [5.41, 5.74) is 1.83. The summed E-state index contributed by atoms with van der Waals surface area (Å²) in [4.78, 5) is 11.7. The quantitative estimate of drug-likeness (QED) is 0.644. The van der Waals surface area contributed by atoms with Crippen molar-refractivity contribution in [3.05, 3.63) is 54.1 Å². The number of anilines is 2. The molecule has 0 bridgehead atoms. The Labute approximate surface area is 140 Å². The molecule has 2 aromatic carbocycles. The molecule has 0 fully saturated rings. The van der Waals surface area contributed by atoms with Gasteiger partial charge in [0.25, 0.3) is 0 Å². The summed E-state index contributed by atoms with van der Waals surface area (Å²) in [5, 5.41) is 6.44. The van der Waals surface area contributed by atoms with Crippen LogP contribution in [0.4, 0.5) is 11.4 Å². The number of rotatable bonds is 5. The second kappa shape index (κ2) is 8.14. The van der Waals surface area contributed by atoms with Gasteiger partial charge in [-0.15, -0.1) is 0 Å². The average molecular weight is 330 g/mol. The van der Waals surface area contributed by atoms with Gasteiger partial charge in [-0.3, -0.25) is 0 Å². The molecule has 6 heteroatoms. The first-order valence-corrected chi connectivity index (χ1v) is 7.53. The van der Waals surface area contributed by atoms with Crippen LogP contribution in [0.1, 0.15) is 17.3 Å². The zero-order chi connectivity index (χ0) is 16.7. The molecule has 0 amide bonds. The van der Waals surface area contributed by atoms with Crippen LogP contribution in [0.2, 0.25) is 0 Å². The van der Waals surface area contributed by atoms with Gasteiger partial charge in [-0.2, -0.15) is 0 Å². The highest BCUT2D eigenvalue weighted by Gasteiger charge is 2.11. The summed E-state index contributed by atoms with van der Waals surface area (Å²) in [7, 11) is 1.34. The van der Waals surface area contributed by atoms with Crippen LogP contribution in [0.25, 0.3) is 0 Å². The van der Waals surface area contributed by atoms with Gasteiger partial charge in [0.2, 0.25) is 0 Å². The van der Waals surface area contributed by atoms with Crippen LogP contribution < -0.4 is 15.4 Å². The maximum atomic E-state index is 11.7. The number of thiocarbonyl (C=S) groups is 1. The summed E-state index contributed by atoms with van der Waals surface area (Å²) in [6.07, 6.45) is 0. The van der Waals surface area contributed by atoms with Crippen LogP contribution in [0.5, 0.6) is 5.75 Å². The van der Waals surface area contributed by atoms with E-state index in [0.717, 1.165) is 11.4 Å². The van der Waals surface area contributed by atoms with E-state index in [1.165, 1.54) is 7.11 Å². The Morgan fingerprint density at radius 2 is 1.78 bits per heavy atom. The summed E-state index contributed by atoms with van der Waals surface area (Å²) < 4.78 is 10.1. The largest absolute Gasteiger partial charge is 0.494 e. The van der Waals surface area contributed by atoms with Crippen molar-refractivity contribution in [2.45, 2.75) is 6.92 Å². The topological polar surface area (TPSA) is 59.6 Å². The van der Waals surface area contributed by atoms with Gasteiger partial charge in [-0.25, -0.2) is 4.79 Å². The molecule has 2 aromatic rings. The number of carbonyl (C=O) groups is 1. The molecule has 2 N–H and O–H groups in total. The second-order valence-electron chi connectivity index (χ2n) is 4.57. The fourth-order valence-electron chi connectivity index (χ4n) is 1.97. The van der Waals surface area contributed by atoms with E-state index >= 15 is 0 Å². The van der Waals surface area contributed by atoms with Gasteiger partial charge < -0.3 is 20.1 Å².